The summed E-state index contributed by atoms with van der Waals surface area (Å²) in [5.41, 5.74) is 1.37. The van der Waals surface area contributed by atoms with Gasteiger partial charge < -0.3 is 5.32 Å². The highest BCUT2D eigenvalue weighted by Gasteiger charge is 2.32. The van der Waals surface area contributed by atoms with Gasteiger partial charge in [0.1, 0.15) is 0 Å². The third-order valence-electron chi connectivity index (χ3n) is 4.41. The zero-order chi connectivity index (χ0) is 15.1. The Morgan fingerprint density at radius 1 is 1.29 bits per heavy atom. The number of terminal acetylenes is 1. The van der Waals surface area contributed by atoms with Crippen LogP contribution in [0, 0.1) is 12.3 Å². The van der Waals surface area contributed by atoms with Crippen molar-refractivity contribution in [1.82, 2.24) is 10.2 Å². The van der Waals surface area contributed by atoms with E-state index in [0.717, 1.165) is 25.9 Å². The molecule has 1 fully saturated rings. The molecule has 1 aliphatic heterocycles. The van der Waals surface area contributed by atoms with Crippen molar-refractivity contribution in [3.05, 3.63) is 35.9 Å². The minimum Gasteiger partial charge on any atom is -0.311 e. The molecular formula is C19H28N2. The first-order chi connectivity index (χ1) is 10.3. The van der Waals surface area contributed by atoms with Crippen LogP contribution in [0.1, 0.15) is 51.1 Å². The van der Waals surface area contributed by atoms with E-state index in [1.165, 1.54) is 18.4 Å². The number of benzene rings is 1. The first-order valence-corrected chi connectivity index (χ1v) is 8.30. The number of nitrogens with one attached hydrogen (secondary N) is 1. The molecular weight excluding hydrogens is 256 g/mol. The van der Waals surface area contributed by atoms with Crippen LogP contribution >= 0.6 is 0 Å². The Balaban J connectivity index is 2.19. The van der Waals surface area contributed by atoms with Crippen molar-refractivity contribution in [3.63, 3.8) is 0 Å². The number of hydrogen-bond acceptors (Lipinski definition) is 2. The predicted octanol–water partition coefficient (Wildman–Crippen LogP) is 3.60. The molecule has 1 aliphatic rings. The third kappa shape index (κ3) is 4.09. The molecule has 0 radical (unpaired) electrons. The van der Waals surface area contributed by atoms with E-state index in [1.54, 1.807) is 0 Å². The molecule has 0 spiro atoms. The summed E-state index contributed by atoms with van der Waals surface area (Å²) in [7, 11) is 0. The Kier molecular flexibility index (Phi) is 6.29. The van der Waals surface area contributed by atoms with Crippen molar-refractivity contribution in [2.75, 3.05) is 13.1 Å². The number of piperazine rings is 1. The molecule has 1 saturated heterocycles. The van der Waals surface area contributed by atoms with Gasteiger partial charge in [-0.2, -0.15) is 0 Å². The van der Waals surface area contributed by atoms with E-state index in [0.29, 0.717) is 12.1 Å². The van der Waals surface area contributed by atoms with Gasteiger partial charge >= 0.3 is 0 Å². The molecule has 21 heavy (non-hydrogen) atoms. The van der Waals surface area contributed by atoms with Gasteiger partial charge in [0.2, 0.25) is 0 Å². The maximum Gasteiger partial charge on any atom is 0.0717 e. The van der Waals surface area contributed by atoms with Crippen molar-refractivity contribution < 1.29 is 0 Å². The zero-order valence-corrected chi connectivity index (χ0v) is 13.4. The lowest BCUT2D eigenvalue weighted by molar-refractivity contribution is 0.0976. The molecule has 2 nitrogen and oxygen atoms in total. The van der Waals surface area contributed by atoms with Crippen molar-refractivity contribution in [3.8, 4) is 12.3 Å². The number of rotatable bonds is 6. The van der Waals surface area contributed by atoms with E-state index < -0.39 is 0 Å². The van der Waals surface area contributed by atoms with Gasteiger partial charge in [-0.3, -0.25) is 4.90 Å². The second-order valence-electron chi connectivity index (χ2n) is 5.99. The molecule has 0 saturated carbocycles. The maximum atomic E-state index is 5.84. The molecule has 2 heteroatoms. The zero-order valence-electron chi connectivity index (χ0n) is 13.4. The fourth-order valence-corrected chi connectivity index (χ4v) is 3.33. The SMILES string of the molecule is C#CC(CCC)N1CC(CCC)NCC1c1ccccc1. The molecule has 1 N–H and O–H groups in total. The highest BCUT2D eigenvalue weighted by Crippen LogP contribution is 2.28. The van der Waals surface area contributed by atoms with Gasteiger partial charge in [0.15, 0.2) is 0 Å². The second-order valence-corrected chi connectivity index (χ2v) is 5.99. The second kappa shape index (κ2) is 8.22. The van der Waals surface area contributed by atoms with Gasteiger partial charge in [-0.15, -0.1) is 6.42 Å². The summed E-state index contributed by atoms with van der Waals surface area (Å²) >= 11 is 0. The average molecular weight is 284 g/mol. The molecule has 0 bridgehead atoms. The topological polar surface area (TPSA) is 15.3 Å². The molecule has 114 valence electrons. The Bertz CT molecular complexity index is 448. The Hall–Kier alpha value is -1.30. The summed E-state index contributed by atoms with van der Waals surface area (Å²) in [5.74, 6) is 3.03. The van der Waals surface area contributed by atoms with Gasteiger partial charge in [-0.05, 0) is 18.4 Å². The average Bonchev–Trinajstić information content (AvgIpc) is 2.54. The molecule has 1 heterocycles. The van der Waals surface area contributed by atoms with Crippen LogP contribution in [0.2, 0.25) is 0 Å². The lowest BCUT2D eigenvalue weighted by atomic mass is 9.96. The van der Waals surface area contributed by atoms with Crippen LogP contribution in [0.25, 0.3) is 0 Å². The highest BCUT2D eigenvalue weighted by atomic mass is 15.3. The molecule has 0 aliphatic carbocycles. The molecule has 3 unspecified atom stereocenters. The van der Waals surface area contributed by atoms with Crippen molar-refractivity contribution in [1.29, 1.82) is 0 Å². The summed E-state index contributed by atoms with van der Waals surface area (Å²) in [6.07, 6.45) is 10.5. The summed E-state index contributed by atoms with van der Waals surface area (Å²) in [4.78, 5) is 2.55. The largest absolute Gasteiger partial charge is 0.311 e. The molecule has 1 aromatic rings. The normalized spacial score (nSPS) is 24.4. The van der Waals surface area contributed by atoms with Crippen molar-refractivity contribution >= 4 is 0 Å². The van der Waals surface area contributed by atoms with Crippen LogP contribution in [-0.2, 0) is 0 Å². The van der Waals surface area contributed by atoms with Crippen LogP contribution in [0.5, 0.6) is 0 Å². The first-order valence-electron chi connectivity index (χ1n) is 8.30. The molecule has 2 rings (SSSR count). The van der Waals surface area contributed by atoms with Gasteiger partial charge in [0, 0.05) is 25.2 Å². The number of hydrogen-bond donors (Lipinski definition) is 1. The highest BCUT2D eigenvalue weighted by molar-refractivity contribution is 5.21. The van der Waals surface area contributed by atoms with Crippen LogP contribution in [0.3, 0.4) is 0 Å². The Morgan fingerprint density at radius 3 is 2.67 bits per heavy atom. The van der Waals surface area contributed by atoms with Gasteiger partial charge in [0.25, 0.3) is 0 Å². The van der Waals surface area contributed by atoms with Gasteiger partial charge in [0.05, 0.1) is 6.04 Å². The summed E-state index contributed by atoms with van der Waals surface area (Å²) in [6.45, 7) is 6.52. The van der Waals surface area contributed by atoms with E-state index in [2.05, 4.69) is 60.3 Å². The quantitative estimate of drug-likeness (QED) is 0.803. The summed E-state index contributed by atoms with van der Waals surface area (Å²) < 4.78 is 0. The molecule has 0 amide bonds. The molecule has 1 aromatic carbocycles. The lowest BCUT2D eigenvalue weighted by Crippen LogP contribution is -2.55. The Labute approximate surface area is 129 Å². The van der Waals surface area contributed by atoms with Crippen LogP contribution in [0.4, 0.5) is 0 Å². The number of nitrogens with zero attached hydrogens (tertiary/aromatic N) is 1. The minimum absolute atomic E-state index is 0.252. The standard InChI is InChI=1S/C19H28N2/c1-4-10-17-15-21(18(6-3)11-5-2)19(14-20-17)16-12-8-7-9-13-16/h3,7-9,12-13,17-20H,4-5,10-11,14-15H2,1-2H3. The third-order valence-corrected chi connectivity index (χ3v) is 4.41. The maximum absolute atomic E-state index is 5.84. The lowest BCUT2D eigenvalue weighted by Gasteiger charge is -2.43. The first kappa shape index (κ1) is 16.1. The Morgan fingerprint density at radius 2 is 2.05 bits per heavy atom. The van der Waals surface area contributed by atoms with Crippen LogP contribution < -0.4 is 5.32 Å². The van der Waals surface area contributed by atoms with Crippen LogP contribution in [-0.4, -0.2) is 30.1 Å². The van der Waals surface area contributed by atoms with Crippen molar-refractivity contribution in [2.24, 2.45) is 0 Å². The van der Waals surface area contributed by atoms with E-state index in [1.807, 2.05) is 0 Å². The molecule has 0 aromatic heterocycles. The smallest absolute Gasteiger partial charge is 0.0717 e. The van der Waals surface area contributed by atoms with E-state index in [4.69, 9.17) is 6.42 Å². The summed E-state index contributed by atoms with van der Waals surface area (Å²) in [5, 5.41) is 3.71. The van der Waals surface area contributed by atoms with E-state index in [9.17, 15) is 0 Å². The summed E-state index contributed by atoms with van der Waals surface area (Å²) in [6, 6.07) is 12.0. The molecule has 3 atom stereocenters. The van der Waals surface area contributed by atoms with E-state index in [-0.39, 0.29) is 6.04 Å². The fourth-order valence-electron chi connectivity index (χ4n) is 3.33. The van der Waals surface area contributed by atoms with Gasteiger partial charge in [-0.25, -0.2) is 0 Å². The van der Waals surface area contributed by atoms with Crippen molar-refractivity contribution in [2.45, 2.75) is 57.7 Å². The fraction of sp³-hybridized carbons (Fsp3) is 0.579. The van der Waals surface area contributed by atoms with Crippen LogP contribution in [0.15, 0.2) is 30.3 Å². The van der Waals surface area contributed by atoms with Gasteiger partial charge in [-0.1, -0.05) is 62.9 Å². The predicted molar refractivity (Wildman–Crippen MR) is 90.1 cm³/mol. The monoisotopic (exact) mass is 284 g/mol. The minimum atomic E-state index is 0.252. The van der Waals surface area contributed by atoms with E-state index >= 15 is 0 Å².